The number of benzene rings is 1. The smallest absolute Gasteiger partial charge is 0.123 e. The maximum absolute atomic E-state index is 12.5. The van der Waals surface area contributed by atoms with E-state index in [4.69, 9.17) is 5.84 Å². The molecule has 0 spiro atoms. The summed E-state index contributed by atoms with van der Waals surface area (Å²) in [5.74, 6) is 4.90. The van der Waals surface area contributed by atoms with Crippen LogP contribution in [-0.4, -0.2) is 13.7 Å². The van der Waals surface area contributed by atoms with Crippen LogP contribution in [0.25, 0.3) is 0 Å². The van der Waals surface area contributed by atoms with Gasteiger partial charge in [-0.2, -0.15) is 0 Å². The molecule has 0 bridgehead atoms. The van der Waals surface area contributed by atoms with Gasteiger partial charge in [0.1, 0.15) is 5.82 Å². The van der Waals surface area contributed by atoms with Gasteiger partial charge in [-0.25, -0.2) is 9.82 Å². The van der Waals surface area contributed by atoms with E-state index in [9.17, 15) is 4.39 Å². The zero-order valence-corrected chi connectivity index (χ0v) is 6.92. The molecular weight excluding hydrogens is 157 g/mol. The fraction of sp³-hybridized carbons (Fsp3) is 0.250. The fourth-order valence-electron chi connectivity index (χ4n) is 0.924. The van der Waals surface area contributed by atoms with E-state index in [0.717, 1.165) is 5.69 Å². The van der Waals surface area contributed by atoms with Gasteiger partial charge in [-0.05, 0) is 24.3 Å². The Bertz CT molecular complexity index is 235. The Morgan fingerprint density at radius 2 is 2.00 bits per heavy atom. The fourth-order valence-corrected chi connectivity index (χ4v) is 0.924. The summed E-state index contributed by atoms with van der Waals surface area (Å²) < 4.78 is 12.5. The van der Waals surface area contributed by atoms with E-state index in [1.165, 1.54) is 12.1 Å². The van der Waals surface area contributed by atoms with E-state index >= 15 is 0 Å². The zero-order valence-electron chi connectivity index (χ0n) is 6.92. The number of nitrogens with zero attached hydrogens (tertiary/aromatic N) is 1. The topological polar surface area (TPSA) is 41.3 Å². The molecule has 0 fully saturated rings. The molecule has 1 aromatic rings. The number of halogens is 1. The Hall–Kier alpha value is -1.13. The molecule has 0 saturated heterocycles. The predicted molar refractivity (Wildman–Crippen MR) is 47.0 cm³/mol. The van der Waals surface area contributed by atoms with Gasteiger partial charge in [0.2, 0.25) is 0 Å². The molecule has 3 N–H and O–H groups in total. The van der Waals surface area contributed by atoms with Crippen LogP contribution in [0.5, 0.6) is 0 Å². The first kappa shape index (κ1) is 8.96. The quantitative estimate of drug-likeness (QED) is 0.397. The van der Waals surface area contributed by atoms with Crippen LogP contribution >= 0.6 is 0 Å². The second-order valence-corrected chi connectivity index (χ2v) is 2.54. The van der Waals surface area contributed by atoms with E-state index < -0.39 is 0 Å². The second-order valence-electron chi connectivity index (χ2n) is 2.54. The van der Waals surface area contributed by atoms with Gasteiger partial charge < -0.3 is 4.90 Å². The van der Waals surface area contributed by atoms with Crippen molar-refractivity contribution >= 4 is 5.69 Å². The minimum atomic E-state index is -0.229. The number of hydrazine groups is 1. The minimum Gasteiger partial charge on any atom is -0.361 e. The third kappa shape index (κ3) is 2.18. The average Bonchev–Trinajstić information content (AvgIpc) is 2.06. The van der Waals surface area contributed by atoms with Crippen LogP contribution in [0, 0.1) is 5.82 Å². The van der Waals surface area contributed by atoms with Gasteiger partial charge >= 0.3 is 0 Å². The molecule has 0 aromatic heterocycles. The molecule has 4 heteroatoms. The molecule has 1 rings (SSSR count). The zero-order chi connectivity index (χ0) is 8.97. The van der Waals surface area contributed by atoms with Crippen molar-refractivity contribution in [2.75, 3.05) is 18.6 Å². The number of nitrogens with two attached hydrogens (primary N) is 1. The number of nitrogens with one attached hydrogen (secondary N) is 1. The number of hydrogen-bond donors (Lipinski definition) is 2. The lowest BCUT2D eigenvalue weighted by molar-refractivity contribution is 0.627. The van der Waals surface area contributed by atoms with Crippen LogP contribution in [0.3, 0.4) is 0 Å². The first-order chi connectivity index (χ1) is 5.74. The summed E-state index contributed by atoms with van der Waals surface area (Å²) in [6.07, 6.45) is 0. The largest absolute Gasteiger partial charge is 0.361 e. The maximum Gasteiger partial charge on any atom is 0.123 e. The van der Waals surface area contributed by atoms with Gasteiger partial charge in [0.25, 0.3) is 0 Å². The van der Waals surface area contributed by atoms with Gasteiger partial charge in [0.05, 0.1) is 6.67 Å². The van der Waals surface area contributed by atoms with Gasteiger partial charge in [-0.15, -0.1) is 0 Å². The molecule has 0 aliphatic rings. The molecule has 0 unspecified atom stereocenters. The summed E-state index contributed by atoms with van der Waals surface area (Å²) in [7, 11) is 1.87. The summed E-state index contributed by atoms with van der Waals surface area (Å²) in [6.45, 7) is 0.533. The van der Waals surface area contributed by atoms with E-state index in [-0.39, 0.29) is 5.82 Å². The van der Waals surface area contributed by atoms with Crippen LogP contribution in [-0.2, 0) is 0 Å². The summed E-state index contributed by atoms with van der Waals surface area (Å²) in [4.78, 5) is 1.87. The van der Waals surface area contributed by atoms with Gasteiger partial charge in [-0.1, -0.05) is 0 Å². The number of hydrogen-bond acceptors (Lipinski definition) is 3. The van der Waals surface area contributed by atoms with Gasteiger partial charge in [0.15, 0.2) is 0 Å². The van der Waals surface area contributed by atoms with E-state index in [2.05, 4.69) is 5.43 Å². The van der Waals surface area contributed by atoms with Gasteiger partial charge in [0, 0.05) is 12.7 Å². The molecule has 1 aromatic carbocycles. The summed E-state index contributed by atoms with van der Waals surface area (Å²) >= 11 is 0. The monoisotopic (exact) mass is 169 g/mol. The Morgan fingerprint density at radius 1 is 1.42 bits per heavy atom. The molecule has 0 heterocycles. The van der Waals surface area contributed by atoms with Crippen molar-refractivity contribution in [1.29, 1.82) is 0 Å². The van der Waals surface area contributed by atoms with Crippen LogP contribution in [0.1, 0.15) is 0 Å². The Morgan fingerprint density at radius 3 is 2.50 bits per heavy atom. The summed E-state index contributed by atoms with van der Waals surface area (Å²) in [5, 5.41) is 0. The highest BCUT2D eigenvalue weighted by atomic mass is 19.1. The van der Waals surface area contributed by atoms with Gasteiger partial charge in [-0.3, -0.25) is 5.84 Å². The van der Waals surface area contributed by atoms with Crippen molar-refractivity contribution in [2.45, 2.75) is 0 Å². The van der Waals surface area contributed by atoms with Crippen molar-refractivity contribution in [3.63, 3.8) is 0 Å². The highest BCUT2D eigenvalue weighted by Gasteiger charge is 1.97. The lowest BCUT2D eigenvalue weighted by Gasteiger charge is -2.17. The third-order valence-electron chi connectivity index (χ3n) is 1.60. The number of rotatable bonds is 3. The summed E-state index contributed by atoms with van der Waals surface area (Å²) in [5.41, 5.74) is 3.44. The molecule has 0 aliphatic carbocycles. The molecule has 0 atom stereocenters. The first-order valence-corrected chi connectivity index (χ1v) is 3.64. The lowest BCUT2D eigenvalue weighted by Crippen LogP contribution is -2.35. The summed E-state index contributed by atoms with van der Waals surface area (Å²) in [6, 6.07) is 6.24. The molecule has 0 saturated carbocycles. The minimum absolute atomic E-state index is 0.229. The van der Waals surface area contributed by atoms with Crippen LogP contribution in [0.15, 0.2) is 24.3 Å². The van der Waals surface area contributed by atoms with E-state index in [1.54, 1.807) is 12.1 Å². The molecule has 66 valence electrons. The standard InChI is InChI=1S/C8H12FN3/c1-12(6-11-10)8-4-2-7(9)3-5-8/h2-5,11H,6,10H2,1H3. The van der Waals surface area contributed by atoms with Crippen molar-refractivity contribution in [1.82, 2.24) is 5.43 Å². The van der Waals surface area contributed by atoms with Crippen molar-refractivity contribution in [2.24, 2.45) is 5.84 Å². The Kier molecular flexibility index (Phi) is 3.01. The highest BCUT2D eigenvalue weighted by molar-refractivity contribution is 5.44. The normalized spacial score (nSPS) is 9.92. The molecule has 0 aliphatic heterocycles. The SMILES string of the molecule is CN(CNN)c1ccc(F)cc1. The molecule has 0 radical (unpaired) electrons. The van der Waals surface area contributed by atoms with Crippen LogP contribution in [0.4, 0.5) is 10.1 Å². The Labute approximate surface area is 70.9 Å². The lowest BCUT2D eigenvalue weighted by atomic mass is 10.3. The second kappa shape index (κ2) is 4.04. The Balaban J connectivity index is 2.68. The third-order valence-corrected chi connectivity index (χ3v) is 1.60. The van der Waals surface area contributed by atoms with Crippen LogP contribution in [0.2, 0.25) is 0 Å². The van der Waals surface area contributed by atoms with Crippen molar-refractivity contribution < 1.29 is 4.39 Å². The van der Waals surface area contributed by atoms with E-state index in [0.29, 0.717) is 6.67 Å². The predicted octanol–water partition coefficient (Wildman–Crippen LogP) is 0.683. The van der Waals surface area contributed by atoms with Crippen LogP contribution < -0.4 is 16.2 Å². The number of anilines is 1. The highest BCUT2D eigenvalue weighted by Crippen LogP contribution is 2.11. The molecule has 3 nitrogen and oxygen atoms in total. The molecule has 0 amide bonds. The maximum atomic E-state index is 12.5. The average molecular weight is 169 g/mol. The molecular formula is C8H12FN3. The first-order valence-electron chi connectivity index (χ1n) is 3.64. The van der Waals surface area contributed by atoms with Crippen molar-refractivity contribution in [3.05, 3.63) is 30.1 Å². The molecule has 12 heavy (non-hydrogen) atoms. The van der Waals surface area contributed by atoms with E-state index in [1.807, 2.05) is 11.9 Å². The van der Waals surface area contributed by atoms with Crippen molar-refractivity contribution in [3.8, 4) is 0 Å².